The molecule has 10 nitrogen and oxygen atoms in total. The molecule has 7 aromatic carbocycles. The van der Waals surface area contributed by atoms with E-state index in [1.807, 2.05) is 6.92 Å². The van der Waals surface area contributed by atoms with Crippen molar-refractivity contribution >= 4 is 39.8 Å². The first-order valence-electron chi connectivity index (χ1n) is 21.7. The third-order valence-corrected chi connectivity index (χ3v) is 10.5. The van der Waals surface area contributed by atoms with Crippen molar-refractivity contribution in [2.24, 2.45) is 0 Å². The summed E-state index contributed by atoms with van der Waals surface area (Å²) in [7, 11) is 0. The Bertz CT molecular complexity index is 2980. The summed E-state index contributed by atoms with van der Waals surface area (Å²) in [5.41, 5.74) is 33.3. The van der Waals surface area contributed by atoms with Gasteiger partial charge >= 0.3 is 37.4 Å². The topological polar surface area (TPSA) is 210 Å². The first-order chi connectivity index (χ1) is 36.0. The first kappa shape index (κ1) is 62.8. The largest absolute Gasteiger partial charge is 0.573 e. The van der Waals surface area contributed by atoms with Gasteiger partial charge in [0.2, 0.25) is 0 Å². The molecule has 0 aliphatic heterocycles. The second kappa shape index (κ2) is 23.9. The van der Waals surface area contributed by atoms with Gasteiger partial charge in [0.25, 0.3) is 0 Å². The molecule has 0 amide bonds. The Morgan fingerprint density at radius 3 is 0.937 bits per heavy atom. The van der Waals surface area contributed by atoms with Gasteiger partial charge in [-0.15, -0.1) is 26.3 Å². The number of benzene rings is 7. The van der Waals surface area contributed by atoms with Crippen LogP contribution >= 0.6 is 0 Å². The summed E-state index contributed by atoms with van der Waals surface area (Å²) >= 11 is 0. The van der Waals surface area contributed by atoms with E-state index in [9.17, 15) is 79.0 Å². The minimum atomic E-state index is -5.05. The number of rotatable bonds is 7. The second-order valence-electron chi connectivity index (χ2n) is 16.8. The number of anilines is 7. The Kier molecular flexibility index (Phi) is 19.0. The first-order valence-corrected chi connectivity index (χ1v) is 21.7. The monoisotopic (exact) mass is 1140 g/mol. The van der Waals surface area contributed by atoms with Crippen molar-refractivity contribution in [2.75, 3.05) is 40.1 Å². The average Bonchev–Trinajstić information content (AvgIpc) is 3.30. The van der Waals surface area contributed by atoms with Crippen LogP contribution in [0.25, 0.3) is 11.1 Å². The molecule has 79 heavy (non-hydrogen) atoms. The molecule has 0 saturated carbocycles. The Balaban J connectivity index is 0.000000233. The molecule has 0 aliphatic carbocycles. The average molecular weight is 1140 g/mol. The third-order valence-electron chi connectivity index (χ3n) is 10.5. The molecule has 7 rings (SSSR count). The molecule has 7 aromatic rings. The molecule has 28 heteroatoms. The van der Waals surface area contributed by atoms with Crippen LogP contribution in [0.5, 0.6) is 23.0 Å². The van der Waals surface area contributed by atoms with Crippen LogP contribution in [0.4, 0.5) is 119 Å². The van der Waals surface area contributed by atoms with Gasteiger partial charge in [0, 0.05) is 63.1 Å². The van der Waals surface area contributed by atoms with Crippen LogP contribution in [0.3, 0.4) is 0 Å². The number of aryl methyl sites for hydroxylation is 1. The zero-order valence-electron chi connectivity index (χ0n) is 40.3. The maximum absolute atomic E-state index is 13.6. The van der Waals surface area contributed by atoms with Gasteiger partial charge in [-0.3, -0.25) is 0 Å². The van der Waals surface area contributed by atoms with E-state index >= 15 is 0 Å². The van der Waals surface area contributed by atoms with Crippen molar-refractivity contribution in [1.29, 1.82) is 0 Å². The van der Waals surface area contributed by atoms with Gasteiger partial charge in [-0.25, -0.2) is 0 Å². The fourth-order valence-corrected chi connectivity index (χ4v) is 6.81. The molecule has 0 fully saturated rings. The summed E-state index contributed by atoms with van der Waals surface area (Å²) in [6, 6.07) is 26.1. The summed E-state index contributed by atoms with van der Waals surface area (Å²) < 4.78 is 241. The maximum atomic E-state index is 13.6. The number of ether oxygens (including phenoxy) is 3. The Morgan fingerprint density at radius 2 is 0.620 bits per heavy atom. The van der Waals surface area contributed by atoms with E-state index in [4.69, 9.17) is 44.9 Å². The molecule has 0 aliphatic rings. The lowest BCUT2D eigenvalue weighted by molar-refractivity contribution is -0.276. The second-order valence-corrected chi connectivity index (χ2v) is 16.8. The summed E-state index contributed by atoms with van der Waals surface area (Å²) in [6.45, 7) is 3.04. The van der Waals surface area contributed by atoms with Crippen molar-refractivity contribution in [3.8, 4) is 34.1 Å². The molecule has 0 spiro atoms. The molecule has 1 atom stereocenters. The standard InChI is InChI=1S/C16H16F3N.C14H10F6N2O2.C14H10F6N2O.C7H7F3N2/c1-11-3-5-12(6-4-11)15(2,16(17,18)19)13-7-9-14(20)10-8-13;15-13(16,17)23-11-3-1-7(21)5-9(11)10-6-8(22)2-4-12(10)24-14(18,19)20;15-13(16,17)7-1-9(21)5-11(3-7)23-12-4-8(14(18,19)20)2-10(22)6-12;8-7(9,10)4-1-5(11)3-6(12)2-4/h3-10H,20H2,1-2H3;1-6H,21-22H2;1-6H,21-22H2;1-3H,11-12H2. The van der Waals surface area contributed by atoms with Crippen molar-refractivity contribution in [3.63, 3.8) is 0 Å². The van der Waals surface area contributed by atoms with Gasteiger partial charge in [-0.05, 0) is 116 Å². The normalized spacial score (nSPS) is 12.8. The van der Waals surface area contributed by atoms with Crippen molar-refractivity contribution < 1.29 is 93.2 Å². The maximum Gasteiger partial charge on any atom is 0.573 e. The lowest BCUT2D eigenvalue weighted by Gasteiger charge is -2.33. The van der Waals surface area contributed by atoms with E-state index in [1.54, 1.807) is 12.1 Å². The van der Waals surface area contributed by atoms with Crippen molar-refractivity contribution in [3.05, 3.63) is 173 Å². The SMILES string of the molecule is Cc1ccc(C(C)(c2ccc(N)cc2)C(F)(F)F)cc1.Nc1cc(N)cc(C(F)(F)F)c1.Nc1cc(Oc2cc(N)cc(C(F)(F)F)c2)cc(C(F)(F)F)c1.Nc1ccc(OC(F)(F)F)c(-c2cc(N)ccc2OC(F)(F)F)c1. The molecule has 0 radical (unpaired) electrons. The fourth-order valence-electron chi connectivity index (χ4n) is 6.81. The van der Waals surface area contributed by atoms with Crippen LogP contribution in [-0.4, -0.2) is 18.9 Å². The van der Waals surface area contributed by atoms with E-state index in [0.29, 0.717) is 30.0 Å². The number of nitrogens with two attached hydrogens (primary N) is 7. The Hall–Kier alpha value is -8.72. The van der Waals surface area contributed by atoms with E-state index in [1.165, 1.54) is 49.4 Å². The summed E-state index contributed by atoms with van der Waals surface area (Å²) in [6.07, 6.45) is -28.2. The molecule has 0 saturated heterocycles. The van der Waals surface area contributed by atoms with Gasteiger partial charge in [-0.2, -0.15) is 52.7 Å². The zero-order valence-corrected chi connectivity index (χ0v) is 40.3. The zero-order chi connectivity index (χ0) is 59.9. The molecule has 14 N–H and O–H groups in total. The number of hydrogen-bond acceptors (Lipinski definition) is 10. The minimum Gasteiger partial charge on any atom is -0.457 e. The molecule has 0 aromatic heterocycles. The number of halogens is 18. The van der Waals surface area contributed by atoms with E-state index in [-0.39, 0.29) is 67.9 Å². The predicted molar refractivity (Wildman–Crippen MR) is 261 cm³/mol. The van der Waals surface area contributed by atoms with Gasteiger partial charge in [0.1, 0.15) is 28.4 Å². The van der Waals surface area contributed by atoms with Gasteiger partial charge in [0.15, 0.2) is 0 Å². The molecule has 0 bridgehead atoms. The van der Waals surface area contributed by atoms with Crippen molar-refractivity contribution in [2.45, 2.75) is 56.7 Å². The van der Waals surface area contributed by atoms with E-state index in [2.05, 4.69) is 9.47 Å². The Labute approximate surface area is 436 Å². The molecule has 1 unspecified atom stereocenters. The third kappa shape index (κ3) is 18.5. The van der Waals surface area contributed by atoms with E-state index in [0.717, 1.165) is 66.2 Å². The lowest BCUT2D eigenvalue weighted by atomic mass is 9.75. The van der Waals surface area contributed by atoms with E-state index < -0.39 is 71.0 Å². The molecule has 0 heterocycles. The van der Waals surface area contributed by atoms with Crippen LogP contribution in [0.15, 0.2) is 140 Å². The van der Waals surface area contributed by atoms with Gasteiger partial charge < -0.3 is 54.3 Å². The highest BCUT2D eigenvalue weighted by Crippen LogP contribution is 2.47. The summed E-state index contributed by atoms with van der Waals surface area (Å²) in [4.78, 5) is 0. The van der Waals surface area contributed by atoms with Crippen LogP contribution < -0.4 is 54.3 Å². The van der Waals surface area contributed by atoms with Crippen LogP contribution in [-0.2, 0) is 23.9 Å². The smallest absolute Gasteiger partial charge is 0.457 e. The van der Waals surface area contributed by atoms with Gasteiger partial charge in [0.05, 0.1) is 16.7 Å². The summed E-state index contributed by atoms with van der Waals surface area (Å²) in [5, 5.41) is 0. The van der Waals surface area contributed by atoms with Crippen LogP contribution in [0.1, 0.15) is 40.3 Å². The molecular formula is C51H43F18N7O3. The number of nitrogen functional groups attached to an aromatic ring is 7. The lowest BCUT2D eigenvalue weighted by Crippen LogP contribution is -2.40. The van der Waals surface area contributed by atoms with Crippen LogP contribution in [0.2, 0.25) is 0 Å². The van der Waals surface area contributed by atoms with Crippen LogP contribution in [0, 0.1) is 6.92 Å². The van der Waals surface area contributed by atoms with Gasteiger partial charge in [-0.1, -0.05) is 42.0 Å². The quantitative estimate of drug-likeness (QED) is 0.0593. The predicted octanol–water partition coefficient (Wildman–Crippen LogP) is 15.3. The van der Waals surface area contributed by atoms with Crippen molar-refractivity contribution in [1.82, 2.24) is 0 Å². The molecule has 426 valence electrons. The highest BCUT2D eigenvalue weighted by molar-refractivity contribution is 5.80. The highest BCUT2D eigenvalue weighted by Gasteiger charge is 2.53. The number of alkyl halides is 18. The summed E-state index contributed by atoms with van der Waals surface area (Å²) in [5.74, 6) is -2.18. The fraction of sp³-hybridized carbons (Fsp3) is 0.176. The molecular weight excluding hydrogens is 1100 g/mol. The minimum absolute atomic E-state index is 0.0138. The number of hydrogen-bond donors (Lipinski definition) is 7. The highest BCUT2D eigenvalue weighted by atomic mass is 19.4. The Morgan fingerprint density at radius 1 is 0.316 bits per heavy atom.